The second-order valence-corrected chi connectivity index (χ2v) is 34.3. The summed E-state index contributed by atoms with van der Waals surface area (Å²) in [5.74, 6) is -2.41. The van der Waals surface area contributed by atoms with Gasteiger partial charge in [-0.1, -0.05) is 153 Å². The number of carboxylic acids is 1. The molecule has 4 aromatic carbocycles. The van der Waals surface area contributed by atoms with Crippen molar-refractivity contribution in [3.63, 3.8) is 0 Å². The van der Waals surface area contributed by atoms with Crippen LogP contribution >= 0.6 is 44.7 Å². The van der Waals surface area contributed by atoms with Gasteiger partial charge in [0, 0.05) is 70.3 Å². The number of nitrogens with zero attached hydrogens (tertiary/aromatic N) is 12. The van der Waals surface area contributed by atoms with E-state index in [9.17, 15) is 38.7 Å². The van der Waals surface area contributed by atoms with Crippen LogP contribution in [-0.2, 0) is 38.0 Å². The number of aliphatic hydroxyl groups is 1. The quantitative estimate of drug-likeness (QED) is 0.0125. The predicted octanol–water partition coefficient (Wildman–Crippen LogP) is 16.2. The van der Waals surface area contributed by atoms with E-state index in [1.54, 1.807) is 78.9 Å². The SMILES string of the molecule is C1CCOC1.CC(C)(C)O.CCOC(=O)C(=O)CBr.CCOC(=O)c1cn2c(C)cccc2n1.CCOC(=O)c1nc2cccc(C)n2c1-c1cccc(C)c1.CCOC(=O)c1nc2cccc(C)n2c1Br.Cc1cccc(-c2c(C(=O)O)nc3cccc(C)n23)c1.Cc1cccc(-c2c(NC(=O)OC(C)(C)C)nc3cccc(C)n23)c1.Cc1cccc(B(O)O)c1.Cc1cccc(N)n1.[B]=NS.[K+].[OH-]. The summed E-state index contributed by atoms with van der Waals surface area (Å²) < 4.78 is 42.7. The number of nitrogens with two attached hydrogens (primary N) is 1. The van der Waals surface area contributed by atoms with Gasteiger partial charge in [-0.15, -0.1) is 0 Å². The van der Waals surface area contributed by atoms with E-state index in [1.807, 2.05) is 282 Å². The zero-order chi connectivity index (χ0) is 102. The van der Waals surface area contributed by atoms with Crippen molar-refractivity contribution in [3.05, 3.63) is 296 Å². The predicted molar refractivity (Wildman–Crippen MR) is 554 cm³/mol. The standard InChI is InChI=1S/C20H23N3O2.C18H18N2O2.C16H14N2O2.C11H11BrN2O2.C11H12N2O2.C7H9BO2.C6H8N2.C5H7BrO3.C4H8O.C4H10O.BHNS.K.H2O/c1-13-8-6-10-15(12-13)17-18(22-19(24)25-20(3,4)5)21-16-11-7-9-14(2)23(16)17;1-4-22-18(21)16-17(14-9-5-7-12(2)11-14)20-13(3)8-6-10-15(20)19-16;1-10-5-3-7-12(9-10)15-14(16(19)20)17-13-8-4-6-11(2)18(13)15;1-3-16-11(15)9-10(12)14-7(2)5-4-6-8(14)13-9;1-3-15-11(14)9-7-13-8(2)5-4-6-10(13)12-9;1-6-3-2-4-7(5-6)8(9)10;1-5-3-2-4-6(7)8-5;1-2-9-5(8)4(7)3-6;1-2-4-5-3-1;1-4(2,3)5;1-2-3;;/h6-12H,1-5H3,(H,22,24);5-11H,4H2,1-3H3;3-9H,1-2H3,(H,19,20);4-6H,3H2,1-2H3;4-7H,3H2,1-2H3;2-5,9-10H,1H3;2-4H,1H3,(H2,7,8);2-3H2,1H3;1-4H2;5H,1-3H3;3H;;1H2/q;;;;;;;;;;;+1;/p-1. The van der Waals surface area contributed by atoms with Crippen LogP contribution in [0.2, 0.25) is 0 Å². The topological polar surface area (TPSA) is 436 Å². The molecule has 1 aliphatic heterocycles. The Morgan fingerprint density at radius 1 is 0.500 bits per heavy atom. The molecule has 11 aromatic heterocycles. The van der Waals surface area contributed by atoms with E-state index in [4.69, 9.17) is 44.6 Å². The number of pyridine rings is 6. The molecular formula is C102H122B2Br2KN14O18S. The Kier molecular flexibility index (Phi) is 51.4. The molecule has 1 radical (unpaired) electrons. The van der Waals surface area contributed by atoms with E-state index in [2.05, 4.69) is 109 Å². The molecule has 38 heteroatoms. The van der Waals surface area contributed by atoms with Crippen LogP contribution < -0.4 is 67.9 Å². The first-order valence-corrected chi connectivity index (χ1v) is 46.4. The zero-order valence-electron chi connectivity index (χ0n) is 82.9. The van der Waals surface area contributed by atoms with Crippen molar-refractivity contribution < 1.29 is 139 Å². The van der Waals surface area contributed by atoms with Gasteiger partial charge >= 0.3 is 119 Å². The number of anilines is 2. The second kappa shape index (κ2) is 59.7. The van der Waals surface area contributed by atoms with Crippen LogP contribution in [0.3, 0.4) is 0 Å². The minimum Gasteiger partial charge on any atom is -0.870 e. The first-order chi connectivity index (χ1) is 65.4. The van der Waals surface area contributed by atoms with Gasteiger partial charge in [-0.25, -0.2) is 58.7 Å². The molecule has 0 unspecified atom stereocenters. The molecule has 1 aliphatic rings. The zero-order valence-corrected chi connectivity index (χ0v) is 90.1. The van der Waals surface area contributed by atoms with E-state index >= 15 is 0 Å². The number of aryl methyl sites for hydroxylation is 10. The maximum atomic E-state index is 12.3. The van der Waals surface area contributed by atoms with Crippen LogP contribution in [0.1, 0.15) is 180 Å². The van der Waals surface area contributed by atoms with Gasteiger partial charge in [0.1, 0.15) is 44.3 Å². The number of carbonyl (C=O) groups excluding carboxylic acids is 6. The van der Waals surface area contributed by atoms with E-state index < -0.39 is 48.1 Å². The van der Waals surface area contributed by atoms with Crippen molar-refractivity contribution in [1.29, 1.82) is 0 Å². The van der Waals surface area contributed by atoms with Crippen molar-refractivity contribution in [2.45, 2.75) is 163 Å². The molecule has 0 atom stereocenters. The summed E-state index contributed by atoms with van der Waals surface area (Å²) in [6.07, 6.45) is 3.74. The number of Topliss-reactive ketones (excluding diaryl/α,β-unsaturated/α-hetero) is 1. The summed E-state index contributed by atoms with van der Waals surface area (Å²) in [4.78, 5) is 106. The Labute approximate surface area is 882 Å². The van der Waals surface area contributed by atoms with Crippen LogP contribution in [0.4, 0.5) is 16.4 Å². The molecule has 1 saturated heterocycles. The minimum atomic E-state index is -1.35. The normalized spacial score (nSPS) is 10.8. The molecule has 0 saturated carbocycles. The molecule has 140 heavy (non-hydrogen) atoms. The minimum absolute atomic E-state index is 0. The first-order valence-electron chi connectivity index (χ1n) is 44.1. The molecule has 8 N–H and O–H groups in total. The van der Waals surface area contributed by atoms with Crippen molar-refractivity contribution >= 4 is 146 Å². The molecule has 15 aromatic rings. The molecule has 1 amide bonds. The van der Waals surface area contributed by atoms with Gasteiger partial charge < -0.3 is 64.3 Å². The first kappa shape index (κ1) is 121. The number of aromatic nitrogens is 11. The number of carbonyl (C=O) groups is 7. The summed E-state index contributed by atoms with van der Waals surface area (Å²) in [7, 11) is 2.99. The Balaban J connectivity index is 0.000000334. The van der Waals surface area contributed by atoms with E-state index in [-0.39, 0.29) is 86.4 Å². The molecule has 16 rings (SSSR count). The van der Waals surface area contributed by atoms with E-state index in [1.165, 1.54) is 12.8 Å². The number of thiol groups is 1. The number of ketones is 1. The van der Waals surface area contributed by atoms with Gasteiger partial charge in [-0.3, -0.25) is 27.7 Å². The number of rotatable bonds is 15. The average Bonchev–Trinajstić information content (AvgIpc) is 1.60. The third kappa shape index (κ3) is 38.0. The van der Waals surface area contributed by atoms with Gasteiger partial charge in [-0.2, -0.15) is 0 Å². The number of nitrogen functional groups attached to an aromatic ring is 1. The number of carboxylic acid groups (broad SMARTS) is 1. The van der Waals surface area contributed by atoms with Gasteiger partial charge in [0.25, 0.3) is 0 Å². The number of fused-ring (bicyclic) bond motifs is 5. The van der Waals surface area contributed by atoms with Crippen molar-refractivity contribution in [2.75, 3.05) is 56.0 Å². The number of aromatic carboxylic acids is 1. The third-order valence-corrected chi connectivity index (χ3v) is 20.1. The van der Waals surface area contributed by atoms with Gasteiger partial charge in [-0.05, 0) is 264 Å². The van der Waals surface area contributed by atoms with Gasteiger partial charge in [0.15, 0.2) is 28.6 Å². The largest absolute Gasteiger partial charge is 1.00 e. The third-order valence-electron chi connectivity index (χ3n) is 18.8. The van der Waals surface area contributed by atoms with E-state index in [0.717, 1.165) is 120 Å². The van der Waals surface area contributed by atoms with Gasteiger partial charge in [0.05, 0.1) is 54.4 Å². The Bertz CT molecular complexity index is 6600. The monoisotopic (exact) mass is 2080 g/mol. The summed E-state index contributed by atoms with van der Waals surface area (Å²) in [5.41, 5.74) is 25.1. The van der Waals surface area contributed by atoms with E-state index in [0.29, 0.717) is 69.9 Å². The van der Waals surface area contributed by atoms with Crippen LogP contribution in [0.25, 0.3) is 62.0 Å². The van der Waals surface area contributed by atoms with Crippen molar-refractivity contribution in [2.24, 2.45) is 4.30 Å². The number of hydrogen-bond donors (Lipinski definition) is 7. The van der Waals surface area contributed by atoms with Gasteiger partial charge in [0.2, 0.25) is 5.78 Å². The molecule has 735 valence electrons. The maximum Gasteiger partial charge on any atom is 1.00 e. The fourth-order valence-electron chi connectivity index (χ4n) is 13.1. The summed E-state index contributed by atoms with van der Waals surface area (Å²) in [5, 5.41) is 38.2. The fourth-order valence-corrected chi connectivity index (χ4v) is 14.0. The number of esters is 4. The summed E-state index contributed by atoms with van der Waals surface area (Å²) >= 11 is 9.40. The molecule has 0 spiro atoms. The Morgan fingerprint density at radius 2 is 0.871 bits per heavy atom. The Hall–Kier alpha value is -11.8. The molecule has 12 heterocycles. The molecular weight excluding hydrogens is 1960 g/mol. The van der Waals surface area contributed by atoms with Crippen LogP contribution in [0, 0.1) is 69.2 Å². The molecule has 0 aliphatic carbocycles. The Morgan fingerprint density at radius 3 is 1.25 bits per heavy atom. The van der Waals surface area contributed by atoms with Crippen LogP contribution in [0.5, 0.6) is 0 Å². The van der Waals surface area contributed by atoms with Crippen molar-refractivity contribution in [1.82, 2.24) is 51.9 Å². The molecule has 1 fully saturated rings. The number of amides is 1. The number of hydrogen-bond acceptors (Lipinski definition) is 26. The molecule has 32 nitrogen and oxygen atoms in total. The number of nitrogens with one attached hydrogen (secondary N) is 1. The molecule has 0 bridgehead atoms. The number of benzene rings is 4. The number of imidazole rings is 5. The smallest absolute Gasteiger partial charge is 0.870 e. The van der Waals surface area contributed by atoms with Crippen molar-refractivity contribution in [3.8, 4) is 33.8 Å². The summed E-state index contributed by atoms with van der Waals surface area (Å²) in [6.45, 7) is 40.8. The maximum absolute atomic E-state index is 12.3. The van der Waals surface area contributed by atoms with Crippen LogP contribution in [0.15, 0.2) is 221 Å². The average molecular weight is 2080 g/mol. The summed E-state index contributed by atoms with van der Waals surface area (Å²) in [6, 6.07) is 65.5. The number of halogens is 2. The van der Waals surface area contributed by atoms with Crippen LogP contribution in [-0.4, -0.2) is 190 Å². The fraction of sp³-hybridized carbons (Fsp3) is 0.304. The number of ether oxygens (including phenoxy) is 6. The number of alkyl halides is 1. The second-order valence-electron chi connectivity index (χ2n) is 32.7.